The molecule has 0 fully saturated rings. The number of ether oxygens (including phenoxy) is 1. The number of benzene rings is 1. The number of carbonyl (C=O) groups excluding carboxylic acids is 2. The molecule has 0 saturated carbocycles. The number of nitrogens with one attached hydrogen (secondary N) is 1. The SMILES string of the molecule is CCC[C@]12CCC(=O)C=C1c1c(cc(OCC(=O)NS(C)(=O)=O)c(Cl)c1Cl)C2. The summed E-state index contributed by atoms with van der Waals surface area (Å²) in [6.45, 7) is 1.60. The minimum Gasteiger partial charge on any atom is -0.482 e. The van der Waals surface area contributed by atoms with E-state index < -0.39 is 22.5 Å². The molecule has 0 unspecified atom stereocenters. The van der Waals surface area contributed by atoms with E-state index in [1.165, 1.54) is 0 Å². The molecule has 28 heavy (non-hydrogen) atoms. The number of sulfonamides is 1. The van der Waals surface area contributed by atoms with Crippen LogP contribution in [0, 0.1) is 5.41 Å². The lowest BCUT2D eigenvalue weighted by molar-refractivity contribution is -0.121. The maximum absolute atomic E-state index is 12.0. The number of rotatable bonds is 6. The van der Waals surface area contributed by atoms with Gasteiger partial charge in [-0.25, -0.2) is 8.42 Å². The van der Waals surface area contributed by atoms with Crippen LogP contribution in [0.15, 0.2) is 12.1 Å². The van der Waals surface area contributed by atoms with Gasteiger partial charge in [-0.3, -0.25) is 14.3 Å². The summed E-state index contributed by atoms with van der Waals surface area (Å²) in [6.07, 6.45) is 6.47. The minimum absolute atomic E-state index is 0.0829. The van der Waals surface area contributed by atoms with Gasteiger partial charge in [-0.1, -0.05) is 36.5 Å². The Bertz CT molecular complexity index is 987. The van der Waals surface area contributed by atoms with E-state index in [0.29, 0.717) is 6.42 Å². The van der Waals surface area contributed by atoms with Crippen molar-refractivity contribution in [3.8, 4) is 5.75 Å². The molecule has 0 aliphatic heterocycles. The number of halogens is 2. The highest BCUT2D eigenvalue weighted by molar-refractivity contribution is 7.89. The number of amides is 1. The predicted octanol–water partition coefficient (Wildman–Crippen LogP) is 3.54. The van der Waals surface area contributed by atoms with Crippen molar-refractivity contribution in [2.24, 2.45) is 5.41 Å². The Morgan fingerprint density at radius 3 is 2.68 bits per heavy atom. The fourth-order valence-electron chi connectivity index (χ4n) is 4.16. The maximum Gasteiger partial charge on any atom is 0.271 e. The lowest BCUT2D eigenvalue weighted by atomic mass is 9.70. The van der Waals surface area contributed by atoms with Gasteiger partial charge in [0.15, 0.2) is 12.4 Å². The Morgan fingerprint density at radius 1 is 1.32 bits per heavy atom. The summed E-state index contributed by atoms with van der Waals surface area (Å²) >= 11 is 12.9. The third kappa shape index (κ3) is 4.07. The molecule has 6 nitrogen and oxygen atoms in total. The van der Waals surface area contributed by atoms with Crippen molar-refractivity contribution in [2.45, 2.75) is 39.0 Å². The standard InChI is InChI=1S/C19H21Cl2NO5S/c1-3-5-19-6-4-12(23)8-13(19)16-11(9-19)7-14(17(20)18(16)21)27-10-15(24)22-28(2,25)26/h7-8H,3-6,9-10H2,1-2H3,(H,22,24)/t19-/m1/s1. The van der Waals surface area contributed by atoms with Crippen molar-refractivity contribution in [2.75, 3.05) is 12.9 Å². The van der Waals surface area contributed by atoms with Crippen molar-refractivity contribution in [3.05, 3.63) is 33.3 Å². The number of carbonyl (C=O) groups is 2. The second kappa shape index (κ2) is 7.69. The van der Waals surface area contributed by atoms with E-state index in [4.69, 9.17) is 27.9 Å². The van der Waals surface area contributed by atoms with Crippen LogP contribution in [-0.4, -0.2) is 33.0 Å². The summed E-state index contributed by atoms with van der Waals surface area (Å²) in [5, 5.41) is 0.426. The average Bonchev–Trinajstić information content (AvgIpc) is 2.89. The largest absolute Gasteiger partial charge is 0.482 e. The van der Waals surface area contributed by atoms with Gasteiger partial charge in [-0.15, -0.1) is 0 Å². The monoisotopic (exact) mass is 445 g/mol. The van der Waals surface area contributed by atoms with Crippen molar-refractivity contribution < 1.29 is 22.7 Å². The molecule has 0 spiro atoms. The minimum atomic E-state index is -3.67. The van der Waals surface area contributed by atoms with E-state index in [1.807, 2.05) is 4.72 Å². The molecule has 152 valence electrons. The average molecular weight is 446 g/mol. The Hall–Kier alpha value is -1.57. The molecule has 1 N–H and O–H groups in total. The van der Waals surface area contributed by atoms with Crippen molar-refractivity contribution in [1.29, 1.82) is 0 Å². The summed E-state index contributed by atoms with van der Waals surface area (Å²) in [6, 6.07) is 1.73. The molecule has 0 bridgehead atoms. The van der Waals surface area contributed by atoms with Crippen molar-refractivity contribution >= 4 is 50.5 Å². The molecule has 2 aliphatic rings. The number of ketones is 1. The zero-order chi connectivity index (χ0) is 20.7. The molecule has 0 saturated heterocycles. The normalized spacial score (nSPS) is 21.0. The highest BCUT2D eigenvalue weighted by atomic mass is 35.5. The summed E-state index contributed by atoms with van der Waals surface area (Å²) in [5.41, 5.74) is 2.50. The van der Waals surface area contributed by atoms with Gasteiger partial charge in [0, 0.05) is 17.4 Å². The third-order valence-electron chi connectivity index (χ3n) is 5.17. The van der Waals surface area contributed by atoms with Gasteiger partial charge >= 0.3 is 0 Å². The zero-order valence-electron chi connectivity index (χ0n) is 15.6. The van der Waals surface area contributed by atoms with E-state index in [-0.39, 0.29) is 27.0 Å². The third-order valence-corrected chi connectivity index (χ3v) is 6.61. The molecule has 0 heterocycles. The second-order valence-corrected chi connectivity index (χ2v) is 9.86. The first-order valence-electron chi connectivity index (χ1n) is 8.96. The molecule has 0 radical (unpaired) electrons. The van der Waals surface area contributed by atoms with Crippen LogP contribution >= 0.6 is 23.2 Å². The highest BCUT2D eigenvalue weighted by Gasteiger charge is 2.45. The first-order valence-corrected chi connectivity index (χ1v) is 11.6. The zero-order valence-corrected chi connectivity index (χ0v) is 17.9. The van der Waals surface area contributed by atoms with Crippen LogP contribution in [-0.2, 0) is 26.0 Å². The first-order chi connectivity index (χ1) is 13.1. The lowest BCUT2D eigenvalue weighted by Crippen LogP contribution is -2.33. The van der Waals surface area contributed by atoms with Crippen molar-refractivity contribution in [3.63, 3.8) is 0 Å². The van der Waals surface area contributed by atoms with Gasteiger partial charge < -0.3 is 4.74 Å². The van der Waals surface area contributed by atoms with Gasteiger partial charge in [-0.2, -0.15) is 0 Å². The van der Waals surface area contributed by atoms with Crippen LogP contribution in [0.3, 0.4) is 0 Å². The summed E-state index contributed by atoms with van der Waals surface area (Å²) in [4.78, 5) is 23.7. The number of hydrogen-bond donors (Lipinski definition) is 1. The van der Waals surface area contributed by atoms with Crippen LogP contribution in [0.2, 0.25) is 10.0 Å². The van der Waals surface area contributed by atoms with Crippen LogP contribution < -0.4 is 9.46 Å². The topological polar surface area (TPSA) is 89.5 Å². The number of fused-ring (bicyclic) bond motifs is 3. The van der Waals surface area contributed by atoms with Gasteiger partial charge in [0.2, 0.25) is 10.0 Å². The Kier molecular flexibility index (Phi) is 5.81. The number of allylic oxidation sites excluding steroid dienone is 2. The fourth-order valence-corrected chi connectivity index (χ4v) is 5.16. The summed E-state index contributed by atoms with van der Waals surface area (Å²) < 4.78 is 29.5. The number of hydrogen-bond acceptors (Lipinski definition) is 5. The second-order valence-electron chi connectivity index (χ2n) is 7.35. The van der Waals surface area contributed by atoms with Crippen molar-refractivity contribution in [1.82, 2.24) is 4.72 Å². The van der Waals surface area contributed by atoms with E-state index in [2.05, 4.69) is 6.92 Å². The van der Waals surface area contributed by atoms with Crippen LogP contribution in [0.1, 0.15) is 43.7 Å². The maximum atomic E-state index is 12.0. The van der Waals surface area contributed by atoms with Gasteiger partial charge in [0.1, 0.15) is 10.8 Å². The molecular weight excluding hydrogens is 425 g/mol. The quantitative estimate of drug-likeness (QED) is 0.722. The summed E-state index contributed by atoms with van der Waals surface area (Å²) in [7, 11) is -3.67. The Balaban J connectivity index is 1.94. The highest BCUT2D eigenvalue weighted by Crippen LogP contribution is 2.58. The lowest BCUT2D eigenvalue weighted by Gasteiger charge is -2.33. The molecule has 1 aromatic rings. The molecule has 1 amide bonds. The van der Waals surface area contributed by atoms with E-state index in [1.54, 1.807) is 12.1 Å². The van der Waals surface area contributed by atoms with Gasteiger partial charge in [0.05, 0.1) is 11.3 Å². The molecule has 1 aromatic carbocycles. The van der Waals surface area contributed by atoms with Gasteiger partial charge in [-0.05, 0) is 42.5 Å². The fraction of sp³-hybridized carbons (Fsp3) is 0.474. The summed E-state index contributed by atoms with van der Waals surface area (Å²) in [5.74, 6) is -0.509. The van der Waals surface area contributed by atoms with Crippen LogP contribution in [0.5, 0.6) is 5.75 Å². The van der Waals surface area contributed by atoms with E-state index >= 15 is 0 Å². The van der Waals surface area contributed by atoms with Crippen LogP contribution in [0.25, 0.3) is 5.57 Å². The molecule has 9 heteroatoms. The molecule has 1 atom stereocenters. The van der Waals surface area contributed by atoms with Gasteiger partial charge in [0.25, 0.3) is 5.91 Å². The molecular formula is C19H21Cl2NO5S. The first kappa shape index (κ1) is 21.1. The molecule has 2 aliphatic carbocycles. The predicted molar refractivity (Wildman–Crippen MR) is 108 cm³/mol. The Morgan fingerprint density at radius 2 is 2.04 bits per heavy atom. The molecule has 0 aromatic heterocycles. The molecule has 3 rings (SSSR count). The van der Waals surface area contributed by atoms with E-state index in [0.717, 1.165) is 48.6 Å². The van der Waals surface area contributed by atoms with E-state index in [9.17, 15) is 18.0 Å². The van der Waals surface area contributed by atoms with Crippen LogP contribution in [0.4, 0.5) is 0 Å². The Labute approximate surface area is 174 Å². The smallest absolute Gasteiger partial charge is 0.271 e.